The van der Waals surface area contributed by atoms with E-state index in [1.54, 1.807) is 6.07 Å². The van der Waals surface area contributed by atoms with Crippen molar-refractivity contribution in [2.45, 2.75) is 20.4 Å². The Bertz CT molecular complexity index is 394. The van der Waals surface area contributed by atoms with Crippen LogP contribution in [0.15, 0.2) is 18.2 Å². The van der Waals surface area contributed by atoms with Crippen LogP contribution in [0.4, 0.5) is 5.69 Å². The molecule has 1 aromatic rings. The number of rotatable bonds is 7. The SMILES string of the molecule is CCOCC(=O)Nc1ccc(OCC)c(CN)c1. The molecule has 0 aliphatic heterocycles. The van der Waals surface area contributed by atoms with Crippen LogP contribution in [-0.2, 0) is 16.1 Å². The minimum Gasteiger partial charge on any atom is -0.494 e. The van der Waals surface area contributed by atoms with E-state index < -0.39 is 0 Å². The molecule has 0 spiro atoms. The van der Waals surface area contributed by atoms with Crippen LogP contribution in [0, 0.1) is 0 Å². The lowest BCUT2D eigenvalue weighted by molar-refractivity contribution is -0.120. The molecule has 100 valence electrons. The number of anilines is 1. The first-order valence-electron chi connectivity index (χ1n) is 6.04. The Morgan fingerprint density at radius 2 is 2.11 bits per heavy atom. The van der Waals surface area contributed by atoms with E-state index >= 15 is 0 Å². The van der Waals surface area contributed by atoms with Gasteiger partial charge in [0.15, 0.2) is 0 Å². The van der Waals surface area contributed by atoms with Gasteiger partial charge in [-0.05, 0) is 32.0 Å². The van der Waals surface area contributed by atoms with Crippen molar-refractivity contribution in [3.8, 4) is 5.75 Å². The predicted octanol–water partition coefficient (Wildman–Crippen LogP) is 1.52. The fourth-order valence-electron chi connectivity index (χ4n) is 1.50. The number of hydrogen-bond acceptors (Lipinski definition) is 4. The number of nitrogens with two attached hydrogens (primary N) is 1. The van der Waals surface area contributed by atoms with Gasteiger partial charge in [0.25, 0.3) is 0 Å². The zero-order chi connectivity index (χ0) is 13.4. The van der Waals surface area contributed by atoms with Crippen molar-refractivity contribution in [3.63, 3.8) is 0 Å². The molecule has 0 aromatic heterocycles. The summed E-state index contributed by atoms with van der Waals surface area (Å²) in [5.74, 6) is 0.576. The van der Waals surface area contributed by atoms with Crippen molar-refractivity contribution in [2.75, 3.05) is 25.1 Å². The maximum atomic E-state index is 11.5. The Morgan fingerprint density at radius 1 is 1.33 bits per heavy atom. The number of carbonyl (C=O) groups is 1. The van der Waals surface area contributed by atoms with E-state index in [4.69, 9.17) is 15.2 Å². The zero-order valence-electron chi connectivity index (χ0n) is 10.9. The van der Waals surface area contributed by atoms with E-state index in [-0.39, 0.29) is 12.5 Å². The van der Waals surface area contributed by atoms with Gasteiger partial charge in [0.2, 0.25) is 5.91 Å². The van der Waals surface area contributed by atoms with E-state index in [0.29, 0.717) is 25.4 Å². The summed E-state index contributed by atoms with van der Waals surface area (Å²) in [6, 6.07) is 5.41. The maximum absolute atomic E-state index is 11.5. The molecule has 0 saturated heterocycles. The third-order valence-electron chi connectivity index (χ3n) is 2.30. The highest BCUT2D eigenvalue weighted by Crippen LogP contribution is 2.22. The minimum atomic E-state index is -0.177. The van der Waals surface area contributed by atoms with Gasteiger partial charge >= 0.3 is 0 Å². The first-order chi connectivity index (χ1) is 8.71. The molecular weight excluding hydrogens is 232 g/mol. The van der Waals surface area contributed by atoms with Crippen LogP contribution < -0.4 is 15.8 Å². The molecule has 1 amide bonds. The largest absolute Gasteiger partial charge is 0.494 e. The van der Waals surface area contributed by atoms with Crippen LogP contribution in [-0.4, -0.2) is 25.7 Å². The molecule has 0 heterocycles. The quantitative estimate of drug-likeness (QED) is 0.771. The van der Waals surface area contributed by atoms with Crippen molar-refractivity contribution in [3.05, 3.63) is 23.8 Å². The average molecular weight is 252 g/mol. The number of carbonyl (C=O) groups excluding carboxylic acids is 1. The van der Waals surface area contributed by atoms with Gasteiger partial charge in [0.1, 0.15) is 12.4 Å². The Kier molecular flexibility index (Phi) is 6.18. The topological polar surface area (TPSA) is 73.6 Å². The van der Waals surface area contributed by atoms with Crippen molar-refractivity contribution in [1.29, 1.82) is 0 Å². The average Bonchev–Trinajstić information content (AvgIpc) is 2.38. The Balaban J connectivity index is 2.69. The highest BCUT2D eigenvalue weighted by molar-refractivity contribution is 5.91. The molecule has 1 rings (SSSR count). The predicted molar refractivity (Wildman–Crippen MR) is 70.6 cm³/mol. The van der Waals surface area contributed by atoms with Crippen LogP contribution in [0.5, 0.6) is 5.75 Å². The van der Waals surface area contributed by atoms with Crippen molar-refractivity contribution < 1.29 is 14.3 Å². The molecule has 0 aliphatic carbocycles. The molecule has 0 bridgehead atoms. The van der Waals surface area contributed by atoms with Gasteiger partial charge in [0, 0.05) is 24.4 Å². The van der Waals surface area contributed by atoms with Crippen molar-refractivity contribution in [2.24, 2.45) is 5.73 Å². The minimum absolute atomic E-state index is 0.0572. The Labute approximate surface area is 107 Å². The van der Waals surface area contributed by atoms with Crippen LogP contribution >= 0.6 is 0 Å². The fourth-order valence-corrected chi connectivity index (χ4v) is 1.50. The standard InChI is InChI=1S/C13H20N2O3/c1-3-17-9-13(16)15-11-5-6-12(18-4-2)10(7-11)8-14/h5-7H,3-4,8-9,14H2,1-2H3,(H,15,16). The first kappa shape index (κ1) is 14.5. The van der Waals surface area contributed by atoms with E-state index in [1.807, 2.05) is 26.0 Å². The van der Waals surface area contributed by atoms with Crippen LogP contribution in [0.2, 0.25) is 0 Å². The second-order valence-electron chi connectivity index (χ2n) is 3.64. The maximum Gasteiger partial charge on any atom is 0.250 e. The van der Waals surface area contributed by atoms with E-state index in [1.165, 1.54) is 0 Å². The monoisotopic (exact) mass is 252 g/mol. The fraction of sp³-hybridized carbons (Fsp3) is 0.462. The molecule has 3 N–H and O–H groups in total. The molecule has 5 nitrogen and oxygen atoms in total. The van der Waals surface area contributed by atoms with Gasteiger partial charge in [-0.25, -0.2) is 0 Å². The van der Waals surface area contributed by atoms with Crippen molar-refractivity contribution >= 4 is 11.6 Å². The van der Waals surface area contributed by atoms with E-state index in [2.05, 4.69) is 5.32 Å². The number of ether oxygens (including phenoxy) is 2. The number of amides is 1. The lowest BCUT2D eigenvalue weighted by Gasteiger charge is -2.11. The van der Waals surface area contributed by atoms with Gasteiger partial charge in [-0.15, -0.1) is 0 Å². The smallest absolute Gasteiger partial charge is 0.250 e. The Morgan fingerprint density at radius 3 is 2.72 bits per heavy atom. The van der Waals surface area contributed by atoms with Gasteiger partial charge in [-0.2, -0.15) is 0 Å². The molecule has 0 saturated carbocycles. The summed E-state index contributed by atoms with van der Waals surface area (Å²) in [7, 11) is 0. The van der Waals surface area contributed by atoms with E-state index in [9.17, 15) is 4.79 Å². The summed E-state index contributed by atoms with van der Waals surface area (Å²) >= 11 is 0. The zero-order valence-corrected chi connectivity index (χ0v) is 10.9. The van der Waals surface area contributed by atoms with Gasteiger partial charge in [0.05, 0.1) is 6.61 Å². The summed E-state index contributed by atoms with van der Waals surface area (Å²) in [6.45, 7) is 5.29. The van der Waals surface area contributed by atoms with Gasteiger partial charge in [-0.3, -0.25) is 4.79 Å². The molecule has 0 atom stereocenters. The second kappa shape index (κ2) is 7.68. The molecule has 18 heavy (non-hydrogen) atoms. The molecule has 0 unspecified atom stereocenters. The molecular formula is C13H20N2O3. The molecule has 0 radical (unpaired) electrons. The third-order valence-corrected chi connectivity index (χ3v) is 2.30. The highest BCUT2D eigenvalue weighted by Gasteiger charge is 2.06. The highest BCUT2D eigenvalue weighted by atomic mass is 16.5. The van der Waals surface area contributed by atoms with Crippen LogP contribution in [0.1, 0.15) is 19.4 Å². The van der Waals surface area contributed by atoms with Crippen LogP contribution in [0.3, 0.4) is 0 Å². The number of benzene rings is 1. The normalized spacial score (nSPS) is 10.2. The summed E-state index contributed by atoms with van der Waals surface area (Å²) in [6.07, 6.45) is 0. The van der Waals surface area contributed by atoms with E-state index in [0.717, 1.165) is 11.3 Å². The van der Waals surface area contributed by atoms with Crippen molar-refractivity contribution in [1.82, 2.24) is 0 Å². The summed E-state index contributed by atoms with van der Waals surface area (Å²) < 4.78 is 10.5. The summed E-state index contributed by atoms with van der Waals surface area (Å²) in [5, 5.41) is 2.75. The first-order valence-corrected chi connectivity index (χ1v) is 6.04. The number of nitrogens with one attached hydrogen (secondary N) is 1. The summed E-state index contributed by atoms with van der Waals surface area (Å²) in [5.41, 5.74) is 7.21. The molecule has 0 fully saturated rings. The lowest BCUT2D eigenvalue weighted by Crippen LogP contribution is -2.18. The summed E-state index contributed by atoms with van der Waals surface area (Å²) in [4.78, 5) is 11.5. The van der Waals surface area contributed by atoms with Gasteiger partial charge < -0.3 is 20.5 Å². The van der Waals surface area contributed by atoms with Crippen LogP contribution in [0.25, 0.3) is 0 Å². The molecule has 1 aromatic carbocycles. The molecule has 0 aliphatic rings. The lowest BCUT2D eigenvalue weighted by atomic mass is 10.1. The third kappa shape index (κ3) is 4.35. The number of hydrogen-bond donors (Lipinski definition) is 2. The van der Waals surface area contributed by atoms with Gasteiger partial charge in [-0.1, -0.05) is 0 Å². The Hall–Kier alpha value is -1.59. The second-order valence-corrected chi connectivity index (χ2v) is 3.64. The molecule has 5 heteroatoms.